The van der Waals surface area contributed by atoms with Gasteiger partial charge in [-0.15, -0.1) is 4.28 Å². The molecule has 9 heteroatoms. The predicted molar refractivity (Wildman–Crippen MR) is 69.4 cm³/mol. The zero-order chi connectivity index (χ0) is 15.3. The number of carbonyl (C=O) groups is 2. The molecule has 0 bridgehead atoms. The van der Waals surface area contributed by atoms with Gasteiger partial charge in [-0.3, -0.25) is 4.55 Å². The molecule has 1 unspecified atom stereocenters. The minimum absolute atomic E-state index is 0.0737. The van der Waals surface area contributed by atoms with E-state index in [1.807, 2.05) is 0 Å². The maximum Gasteiger partial charge on any atom is 0.337 e. The number of carbonyl (C=O) groups excluding carboxylic acids is 2. The van der Waals surface area contributed by atoms with Gasteiger partial charge in [0.2, 0.25) is 0 Å². The molecule has 1 N–H and O–H groups in total. The van der Waals surface area contributed by atoms with Gasteiger partial charge in [0.15, 0.2) is 0 Å². The van der Waals surface area contributed by atoms with Crippen LogP contribution >= 0.6 is 0 Å². The topological polar surface area (TPSA) is 102 Å². The maximum atomic E-state index is 11.5. The van der Waals surface area contributed by atoms with E-state index in [-0.39, 0.29) is 16.8 Å². The van der Waals surface area contributed by atoms with Gasteiger partial charge in [0.05, 0.1) is 31.0 Å². The number of anilines is 1. The molecule has 1 aromatic rings. The summed E-state index contributed by atoms with van der Waals surface area (Å²) >= 11 is -2.54. The average Bonchev–Trinajstić information content (AvgIpc) is 2.44. The Bertz CT molecular complexity index is 511. The molecule has 1 rings (SSSR count). The molecule has 0 heterocycles. The van der Waals surface area contributed by atoms with Crippen LogP contribution in [0.5, 0.6) is 0 Å². The fourth-order valence-electron chi connectivity index (χ4n) is 1.40. The molecule has 0 fully saturated rings. The Morgan fingerprint density at radius 2 is 1.55 bits per heavy atom. The molecule has 0 aromatic heterocycles. The zero-order valence-corrected chi connectivity index (χ0v) is 11.8. The summed E-state index contributed by atoms with van der Waals surface area (Å²) in [5.74, 6) is -1.34. The van der Waals surface area contributed by atoms with E-state index >= 15 is 0 Å². The van der Waals surface area contributed by atoms with Crippen molar-refractivity contribution in [2.45, 2.75) is 0 Å². The molecule has 1 aromatic carbocycles. The van der Waals surface area contributed by atoms with Crippen molar-refractivity contribution < 1.29 is 32.1 Å². The lowest BCUT2D eigenvalue weighted by Crippen LogP contribution is -2.20. The summed E-state index contributed by atoms with van der Waals surface area (Å²) in [5.41, 5.74) is 0.352. The molecular formula is C11H13NO7S. The first-order chi connectivity index (χ1) is 9.38. The van der Waals surface area contributed by atoms with E-state index < -0.39 is 23.3 Å². The van der Waals surface area contributed by atoms with Gasteiger partial charge in [0, 0.05) is 7.05 Å². The molecule has 0 aliphatic heterocycles. The smallest absolute Gasteiger partial charge is 0.337 e. The number of esters is 2. The third-order valence-electron chi connectivity index (χ3n) is 2.30. The van der Waals surface area contributed by atoms with E-state index in [2.05, 4.69) is 13.8 Å². The van der Waals surface area contributed by atoms with Crippen LogP contribution in [0.25, 0.3) is 0 Å². The largest absolute Gasteiger partial charge is 0.465 e. The van der Waals surface area contributed by atoms with Gasteiger partial charge in [-0.25, -0.2) is 14.7 Å². The number of hydrogen-bond donors (Lipinski definition) is 1. The van der Waals surface area contributed by atoms with E-state index in [0.29, 0.717) is 0 Å². The molecule has 0 saturated heterocycles. The number of hydroxylamine groups is 1. The van der Waals surface area contributed by atoms with E-state index in [9.17, 15) is 13.8 Å². The van der Waals surface area contributed by atoms with Gasteiger partial charge in [0.1, 0.15) is 0 Å². The Labute approximate surface area is 117 Å². The summed E-state index contributed by atoms with van der Waals surface area (Å²) in [6.45, 7) is 0. The van der Waals surface area contributed by atoms with E-state index in [0.717, 1.165) is 5.06 Å². The molecule has 8 nitrogen and oxygen atoms in total. The van der Waals surface area contributed by atoms with Crippen LogP contribution in [0.1, 0.15) is 20.7 Å². The summed E-state index contributed by atoms with van der Waals surface area (Å²) < 4.78 is 32.9. The summed E-state index contributed by atoms with van der Waals surface area (Å²) in [6, 6.07) is 3.96. The van der Waals surface area contributed by atoms with Crippen LogP contribution in [0.15, 0.2) is 18.2 Å². The molecular weight excluding hydrogens is 290 g/mol. The molecule has 1 atom stereocenters. The normalized spacial score (nSPS) is 11.6. The molecule has 0 amide bonds. The summed E-state index contributed by atoms with van der Waals surface area (Å²) in [6.07, 6.45) is 0. The van der Waals surface area contributed by atoms with Crippen molar-refractivity contribution >= 4 is 29.0 Å². The Morgan fingerprint density at radius 3 is 1.90 bits per heavy atom. The van der Waals surface area contributed by atoms with Crippen molar-refractivity contribution in [2.24, 2.45) is 0 Å². The van der Waals surface area contributed by atoms with Gasteiger partial charge < -0.3 is 9.47 Å². The van der Waals surface area contributed by atoms with Crippen LogP contribution in [-0.4, -0.2) is 42.0 Å². The first kappa shape index (κ1) is 16.1. The fraction of sp³-hybridized carbons (Fsp3) is 0.273. The molecule has 0 radical (unpaired) electrons. The van der Waals surface area contributed by atoms with Crippen LogP contribution in [0.3, 0.4) is 0 Å². The first-order valence-corrected chi connectivity index (χ1v) is 6.27. The second kappa shape index (κ2) is 6.98. The minimum Gasteiger partial charge on any atom is -0.465 e. The monoisotopic (exact) mass is 303 g/mol. The number of rotatable bonds is 5. The summed E-state index contributed by atoms with van der Waals surface area (Å²) in [7, 11) is 3.72. The predicted octanol–water partition coefficient (Wildman–Crippen LogP) is 0.764. The Morgan fingerprint density at radius 1 is 1.10 bits per heavy atom. The first-order valence-electron chi connectivity index (χ1n) is 5.23. The lowest BCUT2D eigenvalue weighted by Gasteiger charge is -2.17. The quantitative estimate of drug-likeness (QED) is 0.483. The fourth-order valence-corrected chi connectivity index (χ4v) is 1.68. The maximum absolute atomic E-state index is 11.5. The average molecular weight is 303 g/mol. The molecule has 0 aliphatic rings. The van der Waals surface area contributed by atoms with Crippen LogP contribution < -0.4 is 5.06 Å². The number of hydrogen-bond acceptors (Lipinski definition) is 7. The van der Waals surface area contributed by atoms with Gasteiger partial charge >= 0.3 is 23.3 Å². The highest BCUT2D eigenvalue weighted by Crippen LogP contribution is 2.20. The molecule has 110 valence electrons. The number of methoxy groups -OCH3 is 2. The Balaban J connectivity index is 3.25. The zero-order valence-electron chi connectivity index (χ0n) is 11.0. The molecule has 0 aliphatic carbocycles. The van der Waals surface area contributed by atoms with Crippen molar-refractivity contribution in [3.05, 3.63) is 29.3 Å². The Kier molecular flexibility index (Phi) is 5.62. The molecule has 20 heavy (non-hydrogen) atoms. The van der Waals surface area contributed by atoms with Gasteiger partial charge in [-0.05, 0) is 18.2 Å². The SMILES string of the molecule is COC(=O)c1cc(C(=O)OC)cc(N(C)OS(=O)O)c1. The highest BCUT2D eigenvalue weighted by atomic mass is 32.2. The second-order valence-electron chi connectivity index (χ2n) is 3.54. The van der Waals surface area contributed by atoms with Gasteiger partial charge in [-0.1, -0.05) is 0 Å². The van der Waals surface area contributed by atoms with Crippen molar-refractivity contribution in [1.82, 2.24) is 0 Å². The molecule has 0 saturated carbocycles. The lowest BCUT2D eigenvalue weighted by atomic mass is 10.1. The highest BCUT2D eigenvalue weighted by molar-refractivity contribution is 7.74. The van der Waals surface area contributed by atoms with E-state index in [1.165, 1.54) is 39.5 Å². The number of nitrogens with zero attached hydrogens (tertiary/aromatic N) is 1. The Hall–Kier alpha value is -1.97. The van der Waals surface area contributed by atoms with E-state index in [4.69, 9.17) is 4.55 Å². The summed E-state index contributed by atoms with van der Waals surface area (Å²) in [4.78, 5) is 23.1. The van der Waals surface area contributed by atoms with Crippen molar-refractivity contribution in [1.29, 1.82) is 0 Å². The van der Waals surface area contributed by atoms with Crippen molar-refractivity contribution in [2.75, 3.05) is 26.3 Å². The van der Waals surface area contributed by atoms with Crippen LogP contribution in [0.4, 0.5) is 5.69 Å². The summed E-state index contributed by atoms with van der Waals surface area (Å²) in [5, 5.41) is 0.939. The van der Waals surface area contributed by atoms with Crippen LogP contribution in [0, 0.1) is 0 Å². The second-order valence-corrected chi connectivity index (χ2v) is 4.12. The van der Waals surface area contributed by atoms with Gasteiger partial charge in [0.25, 0.3) is 0 Å². The highest BCUT2D eigenvalue weighted by Gasteiger charge is 2.16. The number of ether oxygens (including phenoxy) is 2. The standard InChI is InChI=1S/C11H13NO7S/c1-12(19-20(15)16)9-5-7(10(13)17-2)4-8(6-9)11(14)18-3/h4-6H,1-3H3,(H,15,16). The van der Waals surface area contributed by atoms with Crippen LogP contribution in [-0.2, 0) is 25.1 Å². The van der Waals surface area contributed by atoms with Crippen LogP contribution in [0.2, 0.25) is 0 Å². The minimum atomic E-state index is -2.54. The van der Waals surface area contributed by atoms with E-state index in [1.54, 1.807) is 0 Å². The lowest BCUT2D eigenvalue weighted by molar-refractivity contribution is 0.0599. The van der Waals surface area contributed by atoms with Crippen molar-refractivity contribution in [3.8, 4) is 0 Å². The number of benzene rings is 1. The third-order valence-corrected chi connectivity index (χ3v) is 2.65. The molecule has 0 spiro atoms. The van der Waals surface area contributed by atoms with Crippen molar-refractivity contribution in [3.63, 3.8) is 0 Å². The third kappa shape index (κ3) is 4.02. The van der Waals surface area contributed by atoms with Gasteiger partial charge in [-0.2, -0.15) is 4.21 Å².